The van der Waals surface area contributed by atoms with E-state index in [1.165, 1.54) is 6.42 Å². The fourth-order valence-electron chi connectivity index (χ4n) is 2.91. The van der Waals surface area contributed by atoms with Crippen molar-refractivity contribution in [3.63, 3.8) is 0 Å². The van der Waals surface area contributed by atoms with Gasteiger partial charge in [0, 0.05) is 19.3 Å². The molecule has 1 amide bonds. The monoisotopic (exact) mass is 295 g/mol. The van der Waals surface area contributed by atoms with Gasteiger partial charge in [-0.1, -0.05) is 25.4 Å². The second-order valence-electron chi connectivity index (χ2n) is 5.91. The number of likely N-dealkylation sites (tertiary alicyclic amines) is 1. The van der Waals surface area contributed by atoms with E-state index in [1.54, 1.807) is 18.3 Å². The highest BCUT2D eigenvalue weighted by Gasteiger charge is 2.28. The molecule has 1 aromatic heterocycles. The smallest absolute Gasteiger partial charge is 0.241 e. The first-order valence-electron chi connectivity index (χ1n) is 7.12. The molecule has 2 heterocycles. The van der Waals surface area contributed by atoms with Crippen molar-refractivity contribution in [2.75, 3.05) is 18.4 Å². The van der Waals surface area contributed by atoms with Crippen molar-refractivity contribution in [3.05, 3.63) is 23.5 Å². The average Bonchev–Trinajstić information content (AvgIpc) is 2.39. The third kappa shape index (κ3) is 3.70. The van der Waals surface area contributed by atoms with Crippen LogP contribution in [0.15, 0.2) is 18.3 Å². The Bertz CT molecular complexity index is 470. The number of nitrogens with one attached hydrogen (secondary N) is 1. The maximum Gasteiger partial charge on any atom is 0.241 e. The Hall–Kier alpha value is -1.13. The van der Waals surface area contributed by atoms with Gasteiger partial charge in [-0.05, 0) is 37.3 Å². The number of aromatic nitrogens is 1. The minimum atomic E-state index is -0.156. The standard InChI is InChI=1S/C15H22ClN3O/c1-10-7-11(2)9-19(8-10)12(3)15(20)18-13-5-4-6-17-14(13)16/h4-6,10-12H,7-9H2,1-3H3,(H,18,20)/t10-,11-,12+/m1/s1. The number of hydrogen-bond acceptors (Lipinski definition) is 3. The molecule has 5 heteroatoms. The van der Waals surface area contributed by atoms with Crippen LogP contribution in [-0.2, 0) is 4.79 Å². The van der Waals surface area contributed by atoms with Gasteiger partial charge in [0.25, 0.3) is 0 Å². The number of hydrogen-bond donors (Lipinski definition) is 1. The second kappa shape index (κ2) is 6.55. The number of carbonyl (C=O) groups is 1. The van der Waals surface area contributed by atoms with E-state index < -0.39 is 0 Å². The molecule has 0 bridgehead atoms. The van der Waals surface area contributed by atoms with Crippen LogP contribution in [-0.4, -0.2) is 34.9 Å². The van der Waals surface area contributed by atoms with Gasteiger partial charge >= 0.3 is 0 Å². The topological polar surface area (TPSA) is 45.2 Å². The Kier molecular flexibility index (Phi) is 5.00. The molecule has 1 N–H and O–H groups in total. The molecule has 2 rings (SSSR count). The van der Waals surface area contributed by atoms with Gasteiger partial charge in [0.05, 0.1) is 11.7 Å². The van der Waals surface area contributed by atoms with Crippen molar-refractivity contribution < 1.29 is 4.79 Å². The van der Waals surface area contributed by atoms with Gasteiger partial charge < -0.3 is 5.32 Å². The number of carbonyl (C=O) groups excluding carboxylic acids is 1. The molecule has 1 aliphatic heterocycles. The van der Waals surface area contributed by atoms with E-state index in [0.717, 1.165) is 13.1 Å². The molecular formula is C15H22ClN3O. The molecule has 0 aliphatic carbocycles. The van der Waals surface area contributed by atoms with E-state index in [-0.39, 0.29) is 11.9 Å². The Morgan fingerprint density at radius 1 is 1.45 bits per heavy atom. The summed E-state index contributed by atoms with van der Waals surface area (Å²) in [4.78, 5) is 18.6. The van der Waals surface area contributed by atoms with Gasteiger partial charge in [-0.3, -0.25) is 9.69 Å². The summed E-state index contributed by atoms with van der Waals surface area (Å²) >= 11 is 5.97. The van der Waals surface area contributed by atoms with Crippen molar-refractivity contribution in [3.8, 4) is 0 Å². The second-order valence-corrected chi connectivity index (χ2v) is 6.26. The number of anilines is 1. The van der Waals surface area contributed by atoms with Gasteiger partial charge in [0.1, 0.15) is 0 Å². The fourth-order valence-corrected chi connectivity index (χ4v) is 3.08. The van der Waals surface area contributed by atoms with E-state index in [4.69, 9.17) is 11.6 Å². The summed E-state index contributed by atoms with van der Waals surface area (Å²) in [5, 5.41) is 3.19. The number of pyridine rings is 1. The van der Waals surface area contributed by atoms with Gasteiger partial charge in [0.15, 0.2) is 5.15 Å². The summed E-state index contributed by atoms with van der Waals surface area (Å²) in [6, 6.07) is 3.37. The highest BCUT2D eigenvalue weighted by atomic mass is 35.5. The van der Waals surface area contributed by atoms with Crippen LogP contribution < -0.4 is 5.32 Å². The maximum atomic E-state index is 12.3. The molecule has 0 spiro atoms. The van der Waals surface area contributed by atoms with Crippen molar-refractivity contribution in [1.82, 2.24) is 9.88 Å². The van der Waals surface area contributed by atoms with Crippen LogP contribution in [0.3, 0.4) is 0 Å². The van der Waals surface area contributed by atoms with E-state index in [0.29, 0.717) is 22.7 Å². The molecular weight excluding hydrogens is 274 g/mol. The molecule has 1 fully saturated rings. The first-order valence-corrected chi connectivity index (χ1v) is 7.50. The van der Waals surface area contributed by atoms with E-state index in [9.17, 15) is 4.79 Å². The molecule has 0 radical (unpaired) electrons. The van der Waals surface area contributed by atoms with Crippen molar-refractivity contribution in [2.24, 2.45) is 11.8 Å². The van der Waals surface area contributed by atoms with E-state index >= 15 is 0 Å². The van der Waals surface area contributed by atoms with E-state index in [2.05, 4.69) is 29.0 Å². The van der Waals surface area contributed by atoms with Crippen LogP contribution in [0.1, 0.15) is 27.2 Å². The average molecular weight is 296 g/mol. The lowest BCUT2D eigenvalue weighted by molar-refractivity contribution is -0.121. The molecule has 1 aliphatic rings. The van der Waals surface area contributed by atoms with Gasteiger partial charge in [-0.15, -0.1) is 0 Å². The highest BCUT2D eigenvalue weighted by Crippen LogP contribution is 2.23. The lowest BCUT2D eigenvalue weighted by Crippen LogP contribution is -2.48. The maximum absolute atomic E-state index is 12.3. The largest absolute Gasteiger partial charge is 0.322 e. The lowest BCUT2D eigenvalue weighted by Gasteiger charge is -2.38. The summed E-state index contributed by atoms with van der Waals surface area (Å²) in [6.07, 6.45) is 2.84. The SMILES string of the molecule is C[C@@H]1C[C@@H](C)CN([C@@H](C)C(=O)Nc2cccnc2Cl)C1. The normalized spacial score (nSPS) is 25.2. The van der Waals surface area contributed by atoms with Crippen LogP contribution in [0, 0.1) is 11.8 Å². The van der Waals surface area contributed by atoms with Gasteiger partial charge in [-0.2, -0.15) is 0 Å². The molecule has 20 heavy (non-hydrogen) atoms. The zero-order chi connectivity index (χ0) is 14.7. The Morgan fingerprint density at radius 2 is 2.10 bits per heavy atom. The number of amides is 1. The summed E-state index contributed by atoms with van der Waals surface area (Å²) in [5.41, 5.74) is 0.573. The van der Waals surface area contributed by atoms with Crippen LogP contribution in [0.25, 0.3) is 0 Å². The molecule has 110 valence electrons. The third-order valence-corrected chi connectivity index (χ3v) is 4.14. The minimum absolute atomic E-state index is 0.0267. The molecule has 1 saturated heterocycles. The molecule has 0 saturated carbocycles. The van der Waals surface area contributed by atoms with Crippen molar-refractivity contribution in [1.29, 1.82) is 0 Å². The number of nitrogens with zero attached hydrogens (tertiary/aromatic N) is 2. The quantitative estimate of drug-likeness (QED) is 0.872. The van der Waals surface area contributed by atoms with Gasteiger partial charge in [-0.25, -0.2) is 4.98 Å². The van der Waals surface area contributed by atoms with E-state index in [1.807, 2.05) is 6.92 Å². The van der Waals surface area contributed by atoms with Crippen LogP contribution >= 0.6 is 11.6 Å². The number of piperidine rings is 1. The predicted molar refractivity (Wildman–Crippen MR) is 81.9 cm³/mol. The molecule has 0 unspecified atom stereocenters. The number of halogens is 1. The zero-order valence-corrected chi connectivity index (χ0v) is 13.0. The van der Waals surface area contributed by atoms with Crippen LogP contribution in [0.4, 0.5) is 5.69 Å². The van der Waals surface area contributed by atoms with Crippen LogP contribution in [0.5, 0.6) is 0 Å². The van der Waals surface area contributed by atoms with Gasteiger partial charge in [0.2, 0.25) is 5.91 Å². The van der Waals surface area contributed by atoms with Crippen molar-refractivity contribution >= 4 is 23.2 Å². The zero-order valence-electron chi connectivity index (χ0n) is 12.3. The Labute approximate surface area is 125 Å². The van der Waals surface area contributed by atoms with Crippen LogP contribution in [0.2, 0.25) is 5.15 Å². The first-order chi connectivity index (χ1) is 9.47. The number of rotatable bonds is 3. The Balaban J connectivity index is 2.00. The molecule has 3 atom stereocenters. The molecule has 4 nitrogen and oxygen atoms in total. The third-order valence-electron chi connectivity index (χ3n) is 3.84. The molecule has 1 aromatic rings. The summed E-state index contributed by atoms with van der Waals surface area (Å²) in [7, 11) is 0. The summed E-state index contributed by atoms with van der Waals surface area (Å²) in [6.45, 7) is 8.38. The molecule has 0 aromatic carbocycles. The predicted octanol–water partition coefficient (Wildman–Crippen LogP) is 3.04. The summed E-state index contributed by atoms with van der Waals surface area (Å²) in [5.74, 6) is 1.24. The lowest BCUT2D eigenvalue weighted by atomic mass is 9.91. The summed E-state index contributed by atoms with van der Waals surface area (Å²) < 4.78 is 0. The highest BCUT2D eigenvalue weighted by molar-refractivity contribution is 6.32. The fraction of sp³-hybridized carbons (Fsp3) is 0.600. The first kappa shape index (κ1) is 15.3. The Morgan fingerprint density at radius 3 is 2.70 bits per heavy atom. The van der Waals surface area contributed by atoms with Crippen molar-refractivity contribution in [2.45, 2.75) is 33.2 Å². The minimum Gasteiger partial charge on any atom is -0.322 e.